The molecule has 0 radical (unpaired) electrons. The highest BCUT2D eigenvalue weighted by atomic mass is 16.2. The third-order valence-electron chi connectivity index (χ3n) is 4.71. The molecule has 2 heteroatoms. The second kappa shape index (κ2) is 7.38. The molecule has 0 bridgehead atoms. The smallest absolute Gasteiger partial charge is 0.0431 e. The fourth-order valence-corrected chi connectivity index (χ4v) is 3.79. The molecule has 0 spiro atoms. The van der Waals surface area contributed by atoms with Gasteiger partial charge < -0.3 is 10.0 Å². The number of nitrogens with zero attached hydrogens (tertiary/aromatic N) is 1. The summed E-state index contributed by atoms with van der Waals surface area (Å²) in [6.07, 6.45) is 13.6. The molecule has 1 saturated carbocycles. The van der Waals surface area contributed by atoms with Crippen LogP contribution in [0.1, 0.15) is 64.2 Å². The summed E-state index contributed by atoms with van der Waals surface area (Å²) in [6.45, 7) is 3.03. The van der Waals surface area contributed by atoms with Crippen molar-refractivity contribution in [2.75, 3.05) is 19.7 Å². The molecule has 1 aliphatic carbocycles. The van der Waals surface area contributed by atoms with E-state index >= 15 is 0 Å². The van der Waals surface area contributed by atoms with Crippen molar-refractivity contribution in [2.45, 2.75) is 70.3 Å². The van der Waals surface area contributed by atoms with Gasteiger partial charge in [0.25, 0.3) is 0 Å². The summed E-state index contributed by atoms with van der Waals surface area (Å²) in [6, 6.07) is 0.926. The van der Waals surface area contributed by atoms with Crippen molar-refractivity contribution in [3.63, 3.8) is 0 Å². The van der Waals surface area contributed by atoms with E-state index in [1.165, 1.54) is 70.9 Å². The van der Waals surface area contributed by atoms with Crippen LogP contribution in [0.4, 0.5) is 0 Å². The number of hydrogen-bond acceptors (Lipinski definition) is 2. The van der Waals surface area contributed by atoms with Gasteiger partial charge in [-0.3, -0.25) is 0 Å². The fraction of sp³-hybridized carbons (Fsp3) is 1.00. The lowest BCUT2D eigenvalue weighted by molar-refractivity contribution is 0.0594. The maximum Gasteiger partial charge on any atom is 0.0431 e. The molecule has 1 aliphatic heterocycles. The molecule has 2 rings (SSSR count). The van der Waals surface area contributed by atoms with E-state index in [2.05, 4.69) is 4.90 Å². The van der Waals surface area contributed by atoms with Gasteiger partial charge in [-0.25, -0.2) is 0 Å². The predicted octanol–water partition coefficient (Wildman–Crippen LogP) is 3.19. The highest BCUT2D eigenvalue weighted by Crippen LogP contribution is 2.35. The molecule has 0 amide bonds. The highest BCUT2D eigenvalue weighted by Gasteiger charge is 2.32. The topological polar surface area (TPSA) is 23.5 Å². The summed E-state index contributed by atoms with van der Waals surface area (Å²) >= 11 is 0. The average molecular weight is 239 g/mol. The number of fused-ring (bicyclic) bond motifs is 1. The van der Waals surface area contributed by atoms with E-state index in [-0.39, 0.29) is 0 Å². The van der Waals surface area contributed by atoms with E-state index < -0.39 is 0 Å². The van der Waals surface area contributed by atoms with Gasteiger partial charge in [0.05, 0.1) is 0 Å². The number of likely N-dealkylation sites (tertiary alicyclic amines) is 1. The number of aliphatic hydroxyl groups excluding tert-OH is 1. The fourth-order valence-electron chi connectivity index (χ4n) is 3.79. The van der Waals surface area contributed by atoms with Crippen molar-refractivity contribution in [3.8, 4) is 0 Å². The normalized spacial score (nSPS) is 30.2. The molecule has 1 heterocycles. The molecule has 2 fully saturated rings. The monoisotopic (exact) mass is 239 g/mol. The highest BCUT2D eigenvalue weighted by molar-refractivity contribution is 4.87. The van der Waals surface area contributed by atoms with Crippen molar-refractivity contribution in [3.05, 3.63) is 0 Å². The second-order valence-corrected chi connectivity index (χ2v) is 5.93. The first kappa shape index (κ1) is 13.4. The molecule has 1 N–H and O–H groups in total. The lowest BCUT2D eigenvalue weighted by Crippen LogP contribution is -2.46. The Bertz CT molecular complexity index is 205. The first-order valence-corrected chi connectivity index (χ1v) is 7.76. The van der Waals surface area contributed by atoms with Gasteiger partial charge in [-0.05, 0) is 57.5 Å². The summed E-state index contributed by atoms with van der Waals surface area (Å²) in [5, 5.41) is 8.76. The third-order valence-corrected chi connectivity index (χ3v) is 4.71. The third kappa shape index (κ3) is 3.96. The molecule has 2 nitrogen and oxygen atoms in total. The molecule has 0 aromatic rings. The zero-order valence-electron chi connectivity index (χ0n) is 11.2. The molecule has 2 aliphatic rings. The molecular formula is C15H29NO. The molecule has 17 heavy (non-hydrogen) atoms. The summed E-state index contributed by atoms with van der Waals surface area (Å²) in [4.78, 5) is 2.78. The van der Waals surface area contributed by atoms with E-state index in [4.69, 9.17) is 5.11 Å². The summed E-state index contributed by atoms with van der Waals surface area (Å²) in [7, 11) is 0. The Morgan fingerprint density at radius 2 is 1.65 bits per heavy atom. The molecule has 2 atom stereocenters. The number of aliphatic hydroxyl groups is 1. The van der Waals surface area contributed by atoms with Crippen molar-refractivity contribution < 1.29 is 5.11 Å². The predicted molar refractivity (Wildman–Crippen MR) is 72.1 cm³/mol. The van der Waals surface area contributed by atoms with E-state index in [1.807, 2.05) is 0 Å². The SMILES string of the molecule is OCCCCCCN1CCCC2CCCCC21. The van der Waals surface area contributed by atoms with Gasteiger partial charge in [0, 0.05) is 12.6 Å². The number of unbranched alkanes of at least 4 members (excludes halogenated alkanes) is 3. The summed E-state index contributed by atoms with van der Waals surface area (Å²) < 4.78 is 0. The number of rotatable bonds is 6. The minimum atomic E-state index is 0.369. The van der Waals surface area contributed by atoms with Gasteiger partial charge in [0.1, 0.15) is 0 Å². The Kier molecular flexibility index (Phi) is 5.79. The minimum Gasteiger partial charge on any atom is -0.396 e. The summed E-state index contributed by atoms with van der Waals surface area (Å²) in [5.41, 5.74) is 0. The van der Waals surface area contributed by atoms with Gasteiger partial charge in [-0.1, -0.05) is 25.7 Å². The van der Waals surface area contributed by atoms with Gasteiger partial charge in [-0.15, -0.1) is 0 Å². The number of piperidine rings is 1. The Morgan fingerprint density at radius 1 is 0.882 bits per heavy atom. The van der Waals surface area contributed by atoms with Crippen LogP contribution in [0.5, 0.6) is 0 Å². The van der Waals surface area contributed by atoms with Crippen LogP contribution in [0.25, 0.3) is 0 Å². The zero-order chi connectivity index (χ0) is 11.9. The van der Waals surface area contributed by atoms with Crippen molar-refractivity contribution >= 4 is 0 Å². The van der Waals surface area contributed by atoms with E-state index in [1.54, 1.807) is 0 Å². The van der Waals surface area contributed by atoms with Crippen LogP contribution in [0.15, 0.2) is 0 Å². The minimum absolute atomic E-state index is 0.369. The maximum absolute atomic E-state index is 8.76. The molecule has 1 saturated heterocycles. The molecule has 0 aromatic heterocycles. The Balaban J connectivity index is 1.67. The zero-order valence-corrected chi connectivity index (χ0v) is 11.2. The van der Waals surface area contributed by atoms with Crippen molar-refractivity contribution in [1.29, 1.82) is 0 Å². The van der Waals surface area contributed by atoms with Gasteiger partial charge >= 0.3 is 0 Å². The number of hydrogen-bond donors (Lipinski definition) is 1. The van der Waals surface area contributed by atoms with Gasteiger partial charge in [-0.2, -0.15) is 0 Å². The lowest BCUT2D eigenvalue weighted by Gasteiger charge is -2.44. The Morgan fingerprint density at radius 3 is 2.53 bits per heavy atom. The van der Waals surface area contributed by atoms with Gasteiger partial charge in [0.2, 0.25) is 0 Å². The Hall–Kier alpha value is -0.0800. The summed E-state index contributed by atoms with van der Waals surface area (Å²) in [5.74, 6) is 1.02. The quantitative estimate of drug-likeness (QED) is 0.720. The van der Waals surface area contributed by atoms with Crippen LogP contribution < -0.4 is 0 Å². The molecule has 2 unspecified atom stereocenters. The lowest BCUT2D eigenvalue weighted by atomic mass is 9.78. The van der Waals surface area contributed by atoms with Gasteiger partial charge in [0.15, 0.2) is 0 Å². The standard InChI is InChI=1S/C15H29NO/c17-13-6-2-1-5-11-16-12-7-9-14-8-3-4-10-15(14)16/h14-15,17H,1-13H2. The molecular weight excluding hydrogens is 210 g/mol. The van der Waals surface area contributed by atoms with Crippen LogP contribution >= 0.6 is 0 Å². The van der Waals surface area contributed by atoms with E-state index in [0.717, 1.165) is 18.4 Å². The average Bonchev–Trinajstić information content (AvgIpc) is 2.39. The van der Waals surface area contributed by atoms with Crippen molar-refractivity contribution in [2.24, 2.45) is 5.92 Å². The second-order valence-electron chi connectivity index (χ2n) is 5.93. The van der Waals surface area contributed by atoms with Crippen LogP contribution in [0.2, 0.25) is 0 Å². The first-order chi connectivity index (χ1) is 8.42. The van der Waals surface area contributed by atoms with Crippen LogP contribution in [-0.4, -0.2) is 35.7 Å². The van der Waals surface area contributed by atoms with E-state index in [9.17, 15) is 0 Å². The van der Waals surface area contributed by atoms with Crippen LogP contribution in [-0.2, 0) is 0 Å². The maximum atomic E-state index is 8.76. The van der Waals surface area contributed by atoms with Crippen LogP contribution in [0.3, 0.4) is 0 Å². The van der Waals surface area contributed by atoms with Crippen molar-refractivity contribution in [1.82, 2.24) is 4.90 Å². The van der Waals surface area contributed by atoms with E-state index in [0.29, 0.717) is 6.61 Å². The molecule has 100 valence electrons. The Labute approximate surface area is 106 Å². The first-order valence-electron chi connectivity index (χ1n) is 7.76. The molecule has 0 aromatic carbocycles. The van der Waals surface area contributed by atoms with Crippen LogP contribution in [0, 0.1) is 5.92 Å². The largest absolute Gasteiger partial charge is 0.396 e.